The fourth-order valence-corrected chi connectivity index (χ4v) is 10.6. The smallest absolute Gasteiger partial charge is 0.00893 e. The molecule has 3 aliphatic carbocycles. The molecule has 0 aromatic rings. The highest BCUT2D eigenvalue weighted by atomic mass is 32.2. The van der Waals surface area contributed by atoms with Crippen LogP contribution in [0.1, 0.15) is 60.3 Å². The maximum absolute atomic E-state index is 2.62. The summed E-state index contributed by atoms with van der Waals surface area (Å²) in [4.78, 5) is 0. The zero-order valence-corrected chi connectivity index (χ0v) is 14.1. The summed E-state index contributed by atoms with van der Waals surface area (Å²) in [7, 11) is 0. The van der Waals surface area contributed by atoms with Crippen LogP contribution in [0.4, 0.5) is 0 Å². The topological polar surface area (TPSA) is 0 Å². The van der Waals surface area contributed by atoms with Gasteiger partial charge in [-0.2, -0.15) is 11.8 Å². The minimum absolute atomic E-state index is 0.723. The molecule has 0 amide bonds. The van der Waals surface area contributed by atoms with Gasteiger partial charge in [-0.05, 0) is 59.7 Å². The number of hydrogen-bond acceptors (Lipinski definition) is 1. The summed E-state index contributed by atoms with van der Waals surface area (Å²) in [6.45, 7) is 12.7. The zero-order chi connectivity index (χ0) is 13.6. The first-order chi connectivity index (χ1) is 9.06. The molecule has 9 atom stereocenters. The quantitative estimate of drug-likeness (QED) is 0.681. The van der Waals surface area contributed by atoms with E-state index in [4.69, 9.17) is 0 Å². The molecule has 1 heterocycles. The summed E-state index contributed by atoms with van der Waals surface area (Å²) in [6, 6.07) is 0. The monoisotopic (exact) mass is 278 g/mol. The lowest BCUT2D eigenvalue weighted by Crippen LogP contribution is -2.67. The van der Waals surface area contributed by atoms with Gasteiger partial charge in [0.1, 0.15) is 0 Å². The molecule has 9 unspecified atom stereocenters. The molecule has 0 radical (unpaired) electrons. The van der Waals surface area contributed by atoms with Crippen molar-refractivity contribution >= 4 is 11.8 Å². The Morgan fingerprint density at radius 3 is 2.42 bits per heavy atom. The highest BCUT2D eigenvalue weighted by Crippen LogP contribution is 2.89. The van der Waals surface area contributed by atoms with Crippen molar-refractivity contribution in [3.8, 4) is 0 Å². The highest BCUT2D eigenvalue weighted by molar-refractivity contribution is 8.00. The zero-order valence-electron chi connectivity index (χ0n) is 13.3. The third-order valence-corrected chi connectivity index (χ3v) is 9.92. The molecule has 108 valence electrons. The van der Waals surface area contributed by atoms with Crippen LogP contribution >= 0.6 is 11.8 Å². The Bertz CT molecular complexity index is 404. The van der Waals surface area contributed by atoms with Crippen LogP contribution in [-0.4, -0.2) is 10.5 Å². The molecule has 19 heavy (non-hydrogen) atoms. The molecule has 1 heteroatoms. The summed E-state index contributed by atoms with van der Waals surface area (Å²) in [6.07, 6.45) is 5.89. The van der Waals surface area contributed by atoms with Gasteiger partial charge in [0.05, 0.1) is 0 Å². The Balaban J connectivity index is 1.88. The maximum Gasteiger partial charge on any atom is 0.00893 e. The van der Waals surface area contributed by atoms with E-state index in [1.165, 1.54) is 25.7 Å². The van der Waals surface area contributed by atoms with Gasteiger partial charge in [0.25, 0.3) is 0 Å². The first-order valence-corrected chi connectivity index (χ1v) is 9.66. The molecule has 1 saturated heterocycles. The van der Waals surface area contributed by atoms with Crippen molar-refractivity contribution in [2.24, 2.45) is 40.4 Å². The van der Waals surface area contributed by atoms with Crippen LogP contribution in [0.3, 0.4) is 0 Å². The largest absolute Gasteiger partial charge is 0.155 e. The molecule has 4 bridgehead atoms. The molecule has 4 aliphatic rings. The highest BCUT2D eigenvalue weighted by Gasteiger charge is 2.85. The van der Waals surface area contributed by atoms with Gasteiger partial charge in [0.2, 0.25) is 0 Å². The second-order valence-electron chi connectivity index (χ2n) is 8.13. The first-order valence-electron chi connectivity index (χ1n) is 8.71. The van der Waals surface area contributed by atoms with Crippen molar-refractivity contribution in [2.45, 2.75) is 70.8 Å². The van der Waals surface area contributed by atoms with Gasteiger partial charge in [-0.25, -0.2) is 0 Å². The van der Waals surface area contributed by atoms with Crippen LogP contribution in [-0.2, 0) is 0 Å². The van der Waals surface area contributed by atoms with Crippen LogP contribution in [0.2, 0.25) is 0 Å². The third-order valence-electron chi connectivity index (χ3n) is 8.25. The van der Waals surface area contributed by atoms with E-state index in [9.17, 15) is 0 Å². The van der Waals surface area contributed by atoms with E-state index >= 15 is 0 Å². The number of thioether (sulfide) groups is 1. The average molecular weight is 279 g/mol. The molecule has 0 nitrogen and oxygen atoms in total. The van der Waals surface area contributed by atoms with E-state index in [1.54, 1.807) is 0 Å². The van der Waals surface area contributed by atoms with E-state index in [-0.39, 0.29) is 0 Å². The van der Waals surface area contributed by atoms with E-state index < -0.39 is 0 Å². The van der Waals surface area contributed by atoms with Crippen molar-refractivity contribution < 1.29 is 0 Å². The second kappa shape index (κ2) is 3.76. The van der Waals surface area contributed by atoms with Gasteiger partial charge in [-0.3, -0.25) is 0 Å². The molecule has 3 saturated carbocycles. The second-order valence-corrected chi connectivity index (χ2v) is 9.72. The minimum atomic E-state index is 0.723. The van der Waals surface area contributed by atoms with Gasteiger partial charge in [0, 0.05) is 10.5 Å². The molecule has 1 aliphatic heterocycles. The fourth-order valence-electron chi connectivity index (χ4n) is 8.30. The molecule has 4 fully saturated rings. The maximum atomic E-state index is 2.62. The summed E-state index contributed by atoms with van der Waals surface area (Å²) >= 11 is 2.40. The standard InChI is InChI=1S/C18H30S/c1-6-8-18-12(5)19-13-9-10(3)14-15(18)11(4)17(18,7-2)16(13)14/h10-16H,6-9H2,1-5H3. The van der Waals surface area contributed by atoms with Crippen LogP contribution < -0.4 is 0 Å². The van der Waals surface area contributed by atoms with Crippen molar-refractivity contribution in [1.29, 1.82) is 0 Å². The Morgan fingerprint density at radius 2 is 1.79 bits per heavy atom. The van der Waals surface area contributed by atoms with E-state index in [2.05, 4.69) is 46.4 Å². The summed E-state index contributed by atoms with van der Waals surface area (Å²) in [5.74, 6) is 5.27. The summed E-state index contributed by atoms with van der Waals surface area (Å²) in [5, 5.41) is 1.93. The van der Waals surface area contributed by atoms with Crippen molar-refractivity contribution in [2.75, 3.05) is 0 Å². The molecular formula is C18H30S. The van der Waals surface area contributed by atoms with Crippen LogP contribution in [0.5, 0.6) is 0 Å². The Labute approximate surface area is 123 Å². The lowest BCUT2D eigenvalue weighted by Gasteiger charge is -2.71. The predicted octanol–water partition coefficient (Wildman–Crippen LogP) is 5.22. The molecule has 0 N–H and O–H groups in total. The summed E-state index contributed by atoms with van der Waals surface area (Å²) in [5.41, 5.74) is 1.46. The van der Waals surface area contributed by atoms with E-state index in [0.29, 0.717) is 0 Å². The Kier molecular flexibility index (Phi) is 2.58. The lowest BCUT2D eigenvalue weighted by atomic mass is 9.38. The molecule has 0 aromatic carbocycles. The SMILES string of the molecule is CCCC12C(C)SC3CC(C)C4C1C(C)C2(CC)C34. The van der Waals surface area contributed by atoms with E-state index in [1.807, 2.05) is 0 Å². The van der Waals surface area contributed by atoms with Gasteiger partial charge >= 0.3 is 0 Å². The fraction of sp³-hybridized carbons (Fsp3) is 1.00. The minimum Gasteiger partial charge on any atom is -0.155 e. The van der Waals surface area contributed by atoms with Gasteiger partial charge in [0.15, 0.2) is 0 Å². The average Bonchev–Trinajstić information content (AvgIpc) is 2.90. The molecule has 0 spiro atoms. The molecule has 0 aromatic heterocycles. The van der Waals surface area contributed by atoms with Crippen molar-refractivity contribution in [3.05, 3.63) is 0 Å². The van der Waals surface area contributed by atoms with E-state index in [0.717, 1.165) is 50.9 Å². The summed E-state index contributed by atoms with van der Waals surface area (Å²) < 4.78 is 0. The normalized spacial score (nSPS) is 65.2. The van der Waals surface area contributed by atoms with Gasteiger partial charge < -0.3 is 0 Å². The van der Waals surface area contributed by atoms with Gasteiger partial charge in [-0.1, -0.05) is 41.0 Å². The van der Waals surface area contributed by atoms with Crippen LogP contribution in [0.25, 0.3) is 0 Å². The number of fused-ring (bicyclic) bond motifs is 1. The first kappa shape index (κ1) is 13.0. The molecule has 4 rings (SSSR count). The third kappa shape index (κ3) is 1.05. The lowest BCUT2D eigenvalue weighted by molar-refractivity contribution is -0.180. The van der Waals surface area contributed by atoms with Crippen molar-refractivity contribution in [1.82, 2.24) is 0 Å². The van der Waals surface area contributed by atoms with Crippen LogP contribution in [0.15, 0.2) is 0 Å². The Morgan fingerprint density at radius 1 is 1.05 bits per heavy atom. The van der Waals surface area contributed by atoms with Crippen molar-refractivity contribution in [3.63, 3.8) is 0 Å². The predicted molar refractivity (Wildman–Crippen MR) is 84.3 cm³/mol. The number of hydrogen-bond donors (Lipinski definition) is 0. The molecular weight excluding hydrogens is 248 g/mol. The van der Waals surface area contributed by atoms with Crippen LogP contribution in [0, 0.1) is 40.4 Å². The number of rotatable bonds is 3. The van der Waals surface area contributed by atoms with Gasteiger partial charge in [-0.15, -0.1) is 0 Å². The Hall–Kier alpha value is 0.350.